The van der Waals surface area contributed by atoms with Gasteiger partial charge in [0.25, 0.3) is 0 Å². The lowest BCUT2D eigenvalue weighted by molar-refractivity contribution is -0.122. The number of carbonyl (C=O) groups is 4. The molecule has 0 aliphatic carbocycles. The summed E-state index contributed by atoms with van der Waals surface area (Å²) in [6.07, 6.45) is -1.37. The van der Waals surface area contributed by atoms with E-state index in [1.54, 1.807) is 41.5 Å². The van der Waals surface area contributed by atoms with E-state index >= 15 is 0 Å². The Morgan fingerprint density at radius 2 is 0.923 bits per heavy atom. The van der Waals surface area contributed by atoms with Crippen LogP contribution >= 0.6 is 0 Å². The number of hydrogen-bond donors (Lipinski definition) is 4. The van der Waals surface area contributed by atoms with Gasteiger partial charge in [0.1, 0.15) is 11.2 Å². The van der Waals surface area contributed by atoms with Crippen molar-refractivity contribution >= 4 is 24.0 Å². The molecule has 26 heavy (non-hydrogen) atoms. The Kier molecular flexibility index (Phi) is 9.45. The van der Waals surface area contributed by atoms with Crippen LogP contribution in [-0.2, 0) is 19.1 Å². The molecule has 4 amide bonds. The number of amides is 4. The Morgan fingerprint density at radius 1 is 0.615 bits per heavy atom. The minimum Gasteiger partial charge on any atom is -0.444 e. The average Bonchev–Trinajstić information content (AvgIpc) is 2.44. The average molecular weight is 374 g/mol. The first kappa shape index (κ1) is 23.5. The second-order valence-electron chi connectivity index (χ2n) is 7.41. The van der Waals surface area contributed by atoms with Crippen LogP contribution in [0, 0.1) is 0 Å². The summed E-state index contributed by atoms with van der Waals surface area (Å²) >= 11 is 0. The van der Waals surface area contributed by atoms with Crippen LogP contribution in [0.2, 0.25) is 0 Å². The summed E-state index contributed by atoms with van der Waals surface area (Å²) in [6.45, 7) is 10.2. The highest BCUT2D eigenvalue weighted by Gasteiger charge is 2.17. The highest BCUT2D eigenvalue weighted by Crippen LogP contribution is 2.06. The number of hydrogen-bond acceptors (Lipinski definition) is 6. The second-order valence-corrected chi connectivity index (χ2v) is 7.41. The first-order valence-electron chi connectivity index (χ1n) is 8.25. The summed E-state index contributed by atoms with van der Waals surface area (Å²) in [5.74, 6) is -0.839. The zero-order valence-corrected chi connectivity index (χ0v) is 16.3. The maximum Gasteiger partial charge on any atom is 0.408 e. The van der Waals surface area contributed by atoms with E-state index in [4.69, 9.17) is 9.47 Å². The summed E-state index contributed by atoms with van der Waals surface area (Å²) in [6, 6.07) is 0. The number of alkyl carbamates (subject to hydrolysis) is 2. The molecule has 10 heteroatoms. The van der Waals surface area contributed by atoms with Crippen LogP contribution in [0.3, 0.4) is 0 Å². The van der Waals surface area contributed by atoms with Crippen LogP contribution in [0.5, 0.6) is 0 Å². The van der Waals surface area contributed by atoms with Crippen molar-refractivity contribution in [1.29, 1.82) is 0 Å². The fraction of sp³-hybridized carbons (Fsp3) is 0.750. The van der Waals surface area contributed by atoms with E-state index in [0.717, 1.165) is 0 Å². The van der Waals surface area contributed by atoms with Crippen molar-refractivity contribution in [3.05, 3.63) is 0 Å². The van der Waals surface area contributed by atoms with E-state index in [9.17, 15) is 19.2 Å². The maximum absolute atomic E-state index is 11.5. The standard InChI is InChI=1S/C16H30N4O6/c1-15(2,3)25-13(23)19-9-11(21)17-7-8-18-12(22)10-20-14(24)26-16(4,5)6/h7-10H2,1-6H3,(H,17,21)(H,18,22)(H,19,23)(H,20,24). The smallest absolute Gasteiger partial charge is 0.408 e. The van der Waals surface area contributed by atoms with Crippen LogP contribution in [-0.4, -0.2) is 61.4 Å². The number of rotatable bonds is 7. The molecule has 0 fully saturated rings. The van der Waals surface area contributed by atoms with Crippen LogP contribution in [0.1, 0.15) is 41.5 Å². The molecular formula is C16H30N4O6. The van der Waals surface area contributed by atoms with Gasteiger partial charge in [-0.05, 0) is 41.5 Å². The van der Waals surface area contributed by atoms with Crippen LogP contribution in [0.4, 0.5) is 9.59 Å². The monoisotopic (exact) mass is 374 g/mol. The molecule has 4 N–H and O–H groups in total. The van der Waals surface area contributed by atoms with Gasteiger partial charge in [-0.3, -0.25) is 9.59 Å². The summed E-state index contributed by atoms with van der Waals surface area (Å²) in [5.41, 5.74) is -1.28. The Labute approximate surface area is 153 Å². The van der Waals surface area contributed by atoms with Crippen LogP contribution in [0.15, 0.2) is 0 Å². The lowest BCUT2D eigenvalue weighted by Crippen LogP contribution is -2.44. The van der Waals surface area contributed by atoms with Crippen molar-refractivity contribution < 1.29 is 28.7 Å². The Bertz CT molecular complexity index is 462. The Balaban J connectivity index is 3.78. The van der Waals surface area contributed by atoms with Crippen molar-refractivity contribution in [1.82, 2.24) is 21.3 Å². The molecule has 0 aliphatic heterocycles. The number of carbonyl (C=O) groups excluding carboxylic acids is 4. The third kappa shape index (κ3) is 15.0. The second kappa shape index (κ2) is 10.5. The molecule has 0 aliphatic rings. The van der Waals surface area contributed by atoms with E-state index in [2.05, 4.69) is 21.3 Å². The van der Waals surface area contributed by atoms with Gasteiger partial charge in [0.15, 0.2) is 0 Å². The van der Waals surface area contributed by atoms with Gasteiger partial charge in [-0.1, -0.05) is 0 Å². The molecule has 0 heterocycles. The number of nitrogens with one attached hydrogen (secondary N) is 4. The molecule has 0 radical (unpaired) electrons. The predicted molar refractivity (Wildman–Crippen MR) is 94.5 cm³/mol. The number of ether oxygens (including phenoxy) is 2. The van der Waals surface area contributed by atoms with Crippen molar-refractivity contribution in [3.8, 4) is 0 Å². The normalized spacial score (nSPS) is 11.2. The van der Waals surface area contributed by atoms with Gasteiger partial charge in [-0.15, -0.1) is 0 Å². The van der Waals surface area contributed by atoms with Crippen molar-refractivity contribution in [2.75, 3.05) is 26.2 Å². The van der Waals surface area contributed by atoms with Crippen LogP contribution in [0.25, 0.3) is 0 Å². The first-order chi connectivity index (χ1) is 11.8. The van der Waals surface area contributed by atoms with Gasteiger partial charge >= 0.3 is 12.2 Å². The van der Waals surface area contributed by atoms with E-state index < -0.39 is 35.2 Å². The molecular weight excluding hydrogens is 344 g/mol. The van der Waals surface area contributed by atoms with Crippen molar-refractivity contribution in [2.24, 2.45) is 0 Å². The lowest BCUT2D eigenvalue weighted by atomic mass is 10.2. The van der Waals surface area contributed by atoms with Crippen LogP contribution < -0.4 is 21.3 Å². The third-order valence-corrected chi connectivity index (χ3v) is 2.35. The van der Waals surface area contributed by atoms with Gasteiger partial charge in [0, 0.05) is 13.1 Å². The molecule has 150 valence electrons. The third-order valence-electron chi connectivity index (χ3n) is 2.35. The molecule has 10 nitrogen and oxygen atoms in total. The molecule has 0 atom stereocenters. The topological polar surface area (TPSA) is 135 Å². The molecule has 0 bridgehead atoms. The summed E-state index contributed by atoms with van der Waals surface area (Å²) in [5, 5.41) is 9.67. The van der Waals surface area contributed by atoms with E-state index in [1.165, 1.54) is 0 Å². The summed E-state index contributed by atoms with van der Waals surface area (Å²) in [7, 11) is 0. The molecule has 0 unspecified atom stereocenters. The van der Waals surface area contributed by atoms with Gasteiger partial charge < -0.3 is 30.7 Å². The van der Waals surface area contributed by atoms with Gasteiger partial charge in [-0.2, -0.15) is 0 Å². The molecule has 0 rings (SSSR count). The molecule has 0 aromatic heterocycles. The Hall–Kier alpha value is -2.52. The molecule has 0 spiro atoms. The Morgan fingerprint density at radius 3 is 1.19 bits per heavy atom. The molecule has 0 saturated carbocycles. The molecule has 0 saturated heterocycles. The molecule has 0 aromatic rings. The maximum atomic E-state index is 11.5. The summed E-state index contributed by atoms with van der Waals surface area (Å²) in [4.78, 5) is 45.8. The van der Waals surface area contributed by atoms with Crippen molar-refractivity contribution in [3.63, 3.8) is 0 Å². The van der Waals surface area contributed by atoms with Gasteiger partial charge in [-0.25, -0.2) is 9.59 Å². The minimum absolute atomic E-state index is 0.174. The first-order valence-corrected chi connectivity index (χ1v) is 8.25. The summed E-state index contributed by atoms with van der Waals surface area (Å²) < 4.78 is 9.98. The van der Waals surface area contributed by atoms with E-state index in [-0.39, 0.29) is 26.2 Å². The largest absolute Gasteiger partial charge is 0.444 e. The minimum atomic E-state index is -0.686. The zero-order chi connectivity index (χ0) is 20.4. The SMILES string of the molecule is CC(C)(C)OC(=O)NCC(=O)NCCNC(=O)CNC(=O)OC(C)(C)C. The fourth-order valence-corrected chi connectivity index (χ4v) is 1.46. The lowest BCUT2D eigenvalue weighted by Gasteiger charge is -2.19. The molecule has 0 aromatic carbocycles. The van der Waals surface area contributed by atoms with Gasteiger partial charge in [0.2, 0.25) is 11.8 Å². The predicted octanol–water partition coefficient (Wildman–Crippen LogP) is 0.268. The van der Waals surface area contributed by atoms with E-state index in [1.807, 2.05) is 0 Å². The fourth-order valence-electron chi connectivity index (χ4n) is 1.46. The quantitative estimate of drug-likeness (QED) is 0.472. The highest BCUT2D eigenvalue weighted by molar-refractivity contribution is 5.83. The zero-order valence-electron chi connectivity index (χ0n) is 16.3. The van der Waals surface area contributed by atoms with Crippen molar-refractivity contribution in [2.45, 2.75) is 52.7 Å². The highest BCUT2D eigenvalue weighted by atomic mass is 16.6. The van der Waals surface area contributed by atoms with E-state index in [0.29, 0.717) is 0 Å². The van der Waals surface area contributed by atoms with Gasteiger partial charge in [0.05, 0.1) is 13.1 Å².